The Labute approximate surface area is 189 Å². The van der Waals surface area contributed by atoms with Crippen LogP contribution in [-0.2, 0) is 15.8 Å². The van der Waals surface area contributed by atoms with E-state index in [0.717, 1.165) is 18.9 Å². The number of alkyl halides is 3. The van der Waals surface area contributed by atoms with Crippen LogP contribution in [0.5, 0.6) is 0 Å². The highest BCUT2D eigenvalue weighted by atomic mass is 19.4. The fraction of sp³-hybridized carbons (Fsp3) is 0.435. The second-order valence-electron chi connectivity index (χ2n) is 8.29. The van der Waals surface area contributed by atoms with Gasteiger partial charge in [-0.25, -0.2) is 4.79 Å². The van der Waals surface area contributed by atoms with Gasteiger partial charge in [0.1, 0.15) is 0 Å². The zero-order chi connectivity index (χ0) is 23.8. The van der Waals surface area contributed by atoms with Gasteiger partial charge in [0.15, 0.2) is 0 Å². The molecule has 3 aliphatic heterocycles. The largest absolute Gasteiger partial charge is 0.416 e. The van der Waals surface area contributed by atoms with Gasteiger partial charge in [-0.15, -0.1) is 6.58 Å². The lowest BCUT2D eigenvalue weighted by Gasteiger charge is -2.33. The minimum atomic E-state index is -4.65. The summed E-state index contributed by atoms with van der Waals surface area (Å²) < 4.78 is 41.0. The van der Waals surface area contributed by atoms with Crippen molar-refractivity contribution in [1.29, 1.82) is 0 Å². The molecule has 4 amide bonds. The van der Waals surface area contributed by atoms with Gasteiger partial charge in [0, 0.05) is 32.6 Å². The van der Waals surface area contributed by atoms with Crippen LogP contribution in [0.2, 0.25) is 0 Å². The van der Waals surface area contributed by atoms with Crippen LogP contribution < -0.4 is 5.32 Å². The number of hydrogen-bond donors (Lipinski definition) is 1. The minimum absolute atomic E-state index is 0.0490. The Bertz CT molecular complexity index is 1010. The summed E-state index contributed by atoms with van der Waals surface area (Å²) in [4.78, 5) is 43.1. The summed E-state index contributed by atoms with van der Waals surface area (Å²) in [6.07, 6.45) is -1.13. The van der Waals surface area contributed by atoms with Gasteiger partial charge in [0.25, 0.3) is 5.91 Å². The smallest absolute Gasteiger partial charge is 0.343 e. The number of likely N-dealkylation sites (tertiary alicyclic amines) is 1. The Morgan fingerprint density at radius 2 is 1.88 bits per heavy atom. The molecule has 0 aromatic heterocycles. The quantitative estimate of drug-likeness (QED) is 0.661. The number of hydrogen-bond acceptors (Lipinski definition) is 3. The van der Waals surface area contributed by atoms with E-state index >= 15 is 0 Å². The average Bonchev–Trinajstić information content (AvgIpc) is 3.42. The summed E-state index contributed by atoms with van der Waals surface area (Å²) in [6, 6.07) is 3.08. The molecular weight excluding hydrogens is 437 g/mol. The van der Waals surface area contributed by atoms with Gasteiger partial charge in [0.2, 0.25) is 5.91 Å². The number of carbonyl (C=O) groups excluding carboxylic acids is 3. The van der Waals surface area contributed by atoms with Crippen molar-refractivity contribution in [2.45, 2.75) is 31.5 Å². The van der Waals surface area contributed by atoms with E-state index < -0.39 is 29.7 Å². The molecule has 1 aromatic rings. The third-order valence-corrected chi connectivity index (χ3v) is 6.24. The van der Waals surface area contributed by atoms with Crippen molar-refractivity contribution in [3.8, 4) is 0 Å². The molecule has 3 aliphatic rings. The van der Waals surface area contributed by atoms with Gasteiger partial charge in [-0.1, -0.05) is 24.3 Å². The highest BCUT2D eigenvalue weighted by Crippen LogP contribution is 2.41. The molecule has 0 saturated carbocycles. The highest BCUT2D eigenvalue weighted by molar-refractivity contribution is 6.01. The Hall–Kier alpha value is -3.30. The first-order chi connectivity index (χ1) is 15.7. The Balaban J connectivity index is 1.64. The van der Waals surface area contributed by atoms with Crippen molar-refractivity contribution in [3.63, 3.8) is 0 Å². The fourth-order valence-electron chi connectivity index (χ4n) is 4.65. The predicted molar refractivity (Wildman–Crippen MR) is 114 cm³/mol. The number of amides is 4. The molecule has 4 rings (SSSR count). The normalized spacial score (nSPS) is 20.9. The van der Waals surface area contributed by atoms with Crippen LogP contribution in [0.3, 0.4) is 0 Å². The first kappa shape index (κ1) is 22.9. The van der Waals surface area contributed by atoms with Gasteiger partial charge < -0.3 is 15.1 Å². The summed E-state index contributed by atoms with van der Waals surface area (Å²) in [5, 5.41) is 2.57. The Morgan fingerprint density at radius 1 is 1.18 bits per heavy atom. The van der Waals surface area contributed by atoms with Crippen LogP contribution in [0.4, 0.5) is 18.0 Å². The van der Waals surface area contributed by atoms with Crippen molar-refractivity contribution >= 4 is 17.8 Å². The summed E-state index contributed by atoms with van der Waals surface area (Å²) >= 11 is 0. The van der Waals surface area contributed by atoms with Crippen LogP contribution in [0.25, 0.3) is 0 Å². The van der Waals surface area contributed by atoms with E-state index in [4.69, 9.17) is 0 Å². The van der Waals surface area contributed by atoms with E-state index in [1.54, 1.807) is 4.90 Å². The molecule has 1 fully saturated rings. The summed E-state index contributed by atoms with van der Waals surface area (Å²) in [6.45, 7) is 5.30. The van der Waals surface area contributed by atoms with Gasteiger partial charge in [0.05, 0.1) is 29.4 Å². The number of halogens is 3. The maximum absolute atomic E-state index is 13.7. The maximum Gasteiger partial charge on any atom is 0.416 e. The van der Waals surface area contributed by atoms with E-state index in [9.17, 15) is 27.6 Å². The van der Waals surface area contributed by atoms with Gasteiger partial charge in [-0.05, 0) is 24.5 Å². The second-order valence-corrected chi connectivity index (χ2v) is 8.29. The van der Waals surface area contributed by atoms with Crippen molar-refractivity contribution < 1.29 is 27.6 Å². The van der Waals surface area contributed by atoms with E-state index in [2.05, 4.69) is 11.9 Å². The van der Waals surface area contributed by atoms with E-state index in [0.29, 0.717) is 18.8 Å². The molecule has 1 aromatic carbocycles. The number of carbonyl (C=O) groups is 3. The molecule has 7 nitrogen and oxygen atoms in total. The molecule has 0 spiro atoms. The lowest BCUT2D eigenvalue weighted by molar-refractivity contribution is -0.138. The molecule has 1 saturated heterocycles. The minimum Gasteiger partial charge on any atom is -0.343 e. The van der Waals surface area contributed by atoms with Gasteiger partial charge in [-0.2, -0.15) is 13.2 Å². The summed E-state index contributed by atoms with van der Waals surface area (Å²) in [5.41, 5.74) is -0.650. The zero-order valence-corrected chi connectivity index (χ0v) is 18.0. The molecule has 1 N–H and O–H groups in total. The van der Waals surface area contributed by atoms with Crippen molar-refractivity contribution in [1.82, 2.24) is 20.0 Å². The van der Waals surface area contributed by atoms with Crippen LogP contribution in [0.1, 0.15) is 36.4 Å². The monoisotopic (exact) mass is 462 g/mol. The summed E-state index contributed by atoms with van der Waals surface area (Å²) in [5.74, 6) is -0.531. The highest BCUT2D eigenvalue weighted by Gasteiger charge is 2.46. The van der Waals surface area contributed by atoms with E-state index in [1.165, 1.54) is 34.1 Å². The van der Waals surface area contributed by atoms with Crippen molar-refractivity contribution in [3.05, 3.63) is 59.3 Å². The van der Waals surface area contributed by atoms with Gasteiger partial charge >= 0.3 is 12.2 Å². The molecule has 1 unspecified atom stereocenters. The van der Waals surface area contributed by atoms with Crippen molar-refractivity contribution in [2.24, 2.45) is 0 Å². The predicted octanol–water partition coefficient (Wildman–Crippen LogP) is 3.07. The third-order valence-electron chi connectivity index (χ3n) is 6.24. The number of rotatable bonds is 6. The van der Waals surface area contributed by atoms with Crippen LogP contribution in [0, 0.1) is 0 Å². The zero-order valence-electron chi connectivity index (χ0n) is 18.0. The van der Waals surface area contributed by atoms with Crippen LogP contribution in [0.15, 0.2) is 48.2 Å². The molecule has 0 aliphatic carbocycles. The first-order valence-electron chi connectivity index (χ1n) is 10.9. The maximum atomic E-state index is 13.7. The second kappa shape index (κ2) is 8.92. The third kappa shape index (κ3) is 4.34. The molecule has 33 heavy (non-hydrogen) atoms. The molecule has 176 valence electrons. The lowest BCUT2D eigenvalue weighted by Crippen LogP contribution is -2.47. The lowest BCUT2D eigenvalue weighted by atomic mass is 9.91. The molecule has 1 atom stereocenters. The van der Waals surface area contributed by atoms with Gasteiger partial charge in [-0.3, -0.25) is 14.5 Å². The first-order valence-corrected chi connectivity index (χ1v) is 10.9. The molecule has 0 radical (unpaired) electrons. The SMILES string of the molecule is C=CCN1C(=O)NC(c2ccccc2C(F)(F)F)C2=C1CN(CCC(=O)N1CCCC1)C2=O. The molecule has 10 heteroatoms. The topological polar surface area (TPSA) is 73.0 Å². The number of benzene rings is 1. The molecule has 0 bridgehead atoms. The van der Waals surface area contributed by atoms with Crippen molar-refractivity contribution in [2.75, 3.05) is 32.7 Å². The van der Waals surface area contributed by atoms with Crippen LogP contribution in [-0.4, -0.2) is 65.3 Å². The number of nitrogens with zero attached hydrogens (tertiary/aromatic N) is 3. The molecule has 3 heterocycles. The Kier molecular flexibility index (Phi) is 6.18. The summed E-state index contributed by atoms with van der Waals surface area (Å²) in [7, 11) is 0. The number of urea groups is 1. The van der Waals surface area contributed by atoms with E-state index in [1.807, 2.05) is 0 Å². The standard InChI is InChI=1S/C23H25F3N4O3/c1-2-10-30-17-14-29(13-9-18(31)28-11-5-6-12-28)21(32)19(17)20(27-22(30)33)15-7-3-4-8-16(15)23(24,25)26/h2-4,7-8,20H,1,5-6,9-14H2,(H,27,33). The Morgan fingerprint density at radius 3 is 2.55 bits per heavy atom. The molecular formula is C23H25F3N4O3. The average molecular weight is 462 g/mol. The van der Waals surface area contributed by atoms with Crippen LogP contribution >= 0.6 is 0 Å². The van der Waals surface area contributed by atoms with E-state index in [-0.39, 0.29) is 43.1 Å². The fourth-order valence-corrected chi connectivity index (χ4v) is 4.65. The number of nitrogens with one attached hydrogen (secondary N) is 1.